The van der Waals surface area contributed by atoms with E-state index in [1.54, 1.807) is 33.8 Å². The van der Waals surface area contributed by atoms with Crippen molar-refractivity contribution in [2.75, 3.05) is 6.01 Å². The van der Waals surface area contributed by atoms with Crippen LogP contribution in [0.3, 0.4) is 0 Å². The second kappa shape index (κ2) is 8.01. The molecule has 0 aromatic rings. The molecule has 0 aromatic heterocycles. The van der Waals surface area contributed by atoms with Gasteiger partial charge in [-0.2, -0.15) is 0 Å². The Labute approximate surface area is 197 Å². The highest BCUT2D eigenvalue weighted by atomic mass is 32.2. The lowest BCUT2D eigenvalue weighted by Gasteiger charge is -2.62. The van der Waals surface area contributed by atoms with Crippen LogP contribution in [-0.4, -0.2) is 45.4 Å². The van der Waals surface area contributed by atoms with Gasteiger partial charge in [-0.25, -0.2) is 8.78 Å². The lowest BCUT2D eigenvalue weighted by atomic mass is 9.45. The van der Waals surface area contributed by atoms with Crippen LogP contribution in [-0.2, 0) is 19.1 Å². The molecule has 182 valence electrons. The topological polar surface area (TPSA) is 80.7 Å². The number of ketones is 1. The van der Waals surface area contributed by atoms with E-state index in [4.69, 9.17) is 4.74 Å². The molecule has 0 bridgehead atoms. The molecule has 3 fully saturated rings. The minimum Gasteiger partial charge on any atom is -0.449 e. The van der Waals surface area contributed by atoms with Crippen LogP contribution >= 0.6 is 11.8 Å². The zero-order valence-electron chi connectivity index (χ0n) is 19.5. The Morgan fingerprint density at radius 1 is 1.30 bits per heavy atom. The van der Waals surface area contributed by atoms with Crippen LogP contribution in [0.5, 0.6) is 0 Å². The predicted molar refractivity (Wildman–Crippen MR) is 121 cm³/mol. The maximum absolute atomic E-state index is 17.2. The molecular weight excluding hydrogens is 450 g/mol. The second-order valence-corrected chi connectivity index (χ2v) is 11.4. The monoisotopic (exact) mass is 482 g/mol. The summed E-state index contributed by atoms with van der Waals surface area (Å²) in [5.74, 6) is -2.19. The van der Waals surface area contributed by atoms with Gasteiger partial charge in [-0.05, 0) is 62.4 Å². The maximum atomic E-state index is 17.2. The molecule has 4 aliphatic carbocycles. The van der Waals surface area contributed by atoms with Gasteiger partial charge in [0, 0.05) is 29.1 Å². The van der Waals surface area contributed by atoms with Crippen molar-refractivity contribution in [3.8, 4) is 0 Å². The zero-order chi connectivity index (χ0) is 24.4. The minimum atomic E-state index is -2.04. The van der Waals surface area contributed by atoms with Crippen LogP contribution in [0.25, 0.3) is 0 Å². The summed E-state index contributed by atoms with van der Waals surface area (Å²) in [7, 11) is 0. The lowest BCUT2D eigenvalue weighted by molar-refractivity contribution is -0.225. The largest absolute Gasteiger partial charge is 0.449 e. The fraction of sp³-hybridized carbons (Fsp3) is 0.720. The standard InChI is InChI=1S/C25H32F2O5S/c1-5-20(30)32-25(21(31)33-13-26)14(2)10-18-17-7-6-15-11-16(28)8-9-22(15,3)24(17,27)19(29)12-23(18,25)4/h8-9,11,14,17-19,29H,5-7,10,12-13H2,1-4H3. The molecular formula is C25H32F2O5S. The Kier molecular flexibility index (Phi) is 5.96. The first-order valence-corrected chi connectivity index (χ1v) is 12.7. The molecule has 0 heterocycles. The van der Waals surface area contributed by atoms with E-state index < -0.39 is 57.1 Å². The van der Waals surface area contributed by atoms with Crippen molar-refractivity contribution in [3.63, 3.8) is 0 Å². The van der Waals surface area contributed by atoms with E-state index >= 15 is 4.39 Å². The van der Waals surface area contributed by atoms with Crippen LogP contribution in [0.4, 0.5) is 8.78 Å². The molecule has 4 aliphatic rings. The van der Waals surface area contributed by atoms with Crippen molar-refractivity contribution in [2.45, 2.75) is 77.2 Å². The van der Waals surface area contributed by atoms with E-state index in [0.29, 0.717) is 36.6 Å². The summed E-state index contributed by atoms with van der Waals surface area (Å²) in [6.45, 7) is 6.94. The Hall–Kier alpha value is -1.54. The number of carbonyl (C=O) groups is 3. The summed E-state index contributed by atoms with van der Waals surface area (Å²) in [5.41, 5.74) is -5.20. The second-order valence-electron chi connectivity index (χ2n) is 10.5. The van der Waals surface area contributed by atoms with Gasteiger partial charge in [-0.1, -0.05) is 32.4 Å². The number of ether oxygens (including phenoxy) is 1. The molecule has 8 atom stereocenters. The average Bonchev–Trinajstić information content (AvgIpc) is 2.97. The third-order valence-electron chi connectivity index (χ3n) is 9.23. The normalized spacial score (nSPS) is 46.2. The van der Waals surface area contributed by atoms with Crippen LogP contribution in [0.15, 0.2) is 23.8 Å². The number of alkyl halides is 2. The molecule has 4 rings (SSSR count). The zero-order valence-corrected chi connectivity index (χ0v) is 20.3. The number of aliphatic hydroxyl groups is 1. The van der Waals surface area contributed by atoms with Crippen molar-refractivity contribution in [1.82, 2.24) is 0 Å². The quantitative estimate of drug-likeness (QED) is 0.595. The smallest absolute Gasteiger partial charge is 0.306 e. The SMILES string of the molecule is CCC(=O)OC1(C(=O)SCF)C(C)CC2C3CCC4=CC(=O)C=CC4(C)C3(F)C(O)CC21C. The molecule has 3 saturated carbocycles. The van der Waals surface area contributed by atoms with Gasteiger partial charge in [0.1, 0.15) is 6.01 Å². The van der Waals surface area contributed by atoms with Crippen LogP contribution in [0, 0.1) is 28.6 Å². The number of carbonyl (C=O) groups excluding carboxylic acids is 3. The number of rotatable bonds is 4. The number of fused-ring (bicyclic) bond motifs is 5. The van der Waals surface area contributed by atoms with E-state index in [-0.39, 0.29) is 24.5 Å². The third kappa shape index (κ3) is 3.01. The maximum Gasteiger partial charge on any atom is 0.306 e. The van der Waals surface area contributed by atoms with Crippen molar-refractivity contribution >= 4 is 28.6 Å². The highest BCUT2D eigenvalue weighted by molar-refractivity contribution is 8.13. The van der Waals surface area contributed by atoms with Crippen LogP contribution in [0.1, 0.15) is 59.8 Å². The van der Waals surface area contributed by atoms with Gasteiger partial charge in [0.25, 0.3) is 0 Å². The van der Waals surface area contributed by atoms with E-state index in [1.807, 2.05) is 0 Å². The minimum absolute atomic E-state index is 0.0485. The van der Waals surface area contributed by atoms with Crippen LogP contribution < -0.4 is 0 Å². The average molecular weight is 483 g/mol. The number of hydrogen-bond acceptors (Lipinski definition) is 6. The Bertz CT molecular complexity index is 949. The summed E-state index contributed by atoms with van der Waals surface area (Å²) in [4.78, 5) is 37.8. The van der Waals surface area contributed by atoms with Gasteiger partial charge >= 0.3 is 5.97 Å². The molecule has 0 aromatic carbocycles. The van der Waals surface area contributed by atoms with Crippen molar-refractivity contribution in [2.24, 2.45) is 28.6 Å². The highest BCUT2D eigenvalue weighted by Crippen LogP contribution is 2.71. The number of esters is 1. The summed E-state index contributed by atoms with van der Waals surface area (Å²) >= 11 is 0.469. The summed E-state index contributed by atoms with van der Waals surface area (Å²) in [6.07, 6.45) is 4.24. The molecule has 1 N–H and O–H groups in total. The summed E-state index contributed by atoms with van der Waals surface area (Å²) < 4.78 is 36.4. The number of halogens is 2. The van der Waals surface area contributed by atoms with Gasteiger partial charge in [-0.15, -0.1) is 0 Å². The number of hydrogen-bond donors (Lipinski definition) is 1. The Morgan fingerprint density at radius 3 is 2.64 bits per heavy atom. The van der Waals surface area contributed by atoms with Gasteiger partial charge < -0.3 is 9.84 Å². The van der Waals surface area contributed by atoms with Gasteiger partial charge in [0.2, 0.25) is 5.12 Å². The molecule has 0 saturated heterocycles. The number of allylic oxidation sites excluding steroid dienone is 4. The van der Waals surface area contributed by atoms with E-state index in [0.717, 1.165) is 0 Å². The molecule has 5 nitrogen and oxygen atoms in total. The van der Waals surface area contributed by atoms with E-state index in [1.165, 1.54) is 12.2 Å². The Balaban J connectivity index is 1.84. The summed E-state index contributed by atoms with van der Waals surface area (Å²) in [6, 6.07) is -0.957. The molecule has 0 aliphatic heterocycles. The van der Waals surface area contributed by atoms with Crippen molar-refractivity contribution < 1.29 is 33.0 Å². The van der Waals surface area contributed by atoms with Crippen molar-refractivity contribution in [3.05, 3.63) is 23.8 Å². The predicted octanol–water partition coefficient (Wildman–Crippen LogP) is 4.48. The molecule has 33 heavy (non-hydrogen) atoms. The summed E-state index contributed by atoms with van der Waals surface area (Å²) in [5, 5.41) is 10.8. The fourth-order valence-electron chi connectivity index (χ4n) is 7.63. The first kappa shape index (κ1) is 24.6. The first-order valence-electron chi connectivity index (χ1n) is 11.7. The highest BCUT2D eigenvalue weighted by Gasteiger charge is 2.77. The first-order chi connectivity index (χ1) is 15.4. The fourth-order valence-corrected chi connectivity index (χ4v) is 8.42. The molecule has 0 radical (unpaired) electrons. The van der Waals surface area contributed by atoms with E-state index in [2.05, 4.69) is 0 Å². The number of thioether (sulfide) groups is 1. The van der Waals surface area contributed by atoms with Crippen LogP contribution in [0.2, 0.25) is 0 Å². The molecule has 8 unspecified atom stereocenters. The Morgan fingerprint density at radius 2 is 2.00 bits per heavy atom. The lowest BCUT2D eigenvalue weighted by Crippen LogP contribution is -2.69. The third-order valence-corrected chi connectivity index (χ3v) is 9.91. The molecule has 0 amide bonds. The van der Waals surface area contributed by atoms with Gasteiger partial charge in [-0.3, -0.25) is 14.4 Å². The van der Waals surface area contributed by atoms with E-state index in [9.17, 15) is 23.9 Å². The number of aliphatic hydroxyl groups excluding tert-OH is 1. The van der Waals surface area contributed by atoms with Gasteiger partial charge in [0.05, 0.1) is 6.10 Å². The van der Waals surface area contributed by atoms with Gasteiger partial charge in [0.15, 0.2) is 17.1 Å². The molecule has 8 heteroatoms. The molecule has 0 spiro atoms. The van der Waals surface area contributed by atoms with Crippen molar-refractivity contribution in [1.29, 1.82) is 0 Å².